The third-order valence-electron chi connectivity index (χ3n) is 1.19. The summed E-state index contributed by atoms with van der Waals surface area (Å²) in [6.45, 7) is 0. The van der Waals surface area contributed by atoms with Gasteiger partial charge in [-0.2, -0.15) is 8.42 Å². The number of hydrogen-bond acceptors (Lipinski definition) is 2. The van der Waals surface area contributed by atoms with E-state index in [0.717, 1.165) is 12.1 Å². The van der Waals surface area contributed by atoms with Crippen molar-refractivity contribution < 1.29 is 17.4 Å². The van der Waals surface area contributed by atoms with E-state index in [0.29, 0.717) is 6.07 Å². The molecule has 1 aromatic carbocycles. The number of benzene rings is 1. The van der Waals surface area contributed by atoms with Crippen LogP contribution in [0.1, 0.15) is 0 Å². The zero-order chi connectivity index (χ0) is 9.35. The fourth-order valence-corrected chi connectivity index (χ4v) is 1.25. The summed E-state index contributed by atoms with van der Waals surface area (Å²) in [7, 11) is -4.34. The molecule has 3 nitrogen and oxygen atoms in total. The van der Waals surface area contributed by atoms with Crippen molar-refractivity contribution in [1.82, 2.24) is 0 Å². The normalized spacial score (nSPS) is 10.7. The van der Waals surface area contributed by atoms with Gasteiger partial charge < -0.3 is 0 Å². The molecule has 0 aliphatic rings. The maximum Gasteiger partial charge on any atom is 0.294 e. The highest BCUT2D eigenvalue weighted by Gasteiger charge is 2.11. The highest BCUT2D eigenvalue weighted by molar-refractivity contribution is 7.85. The van der Waals surface area contributed by atoms with E-state index in [2.05, 4.69) is 0 Å². The van der Waals surface area contributed by atoms with Gasteiger partial charge in [-0.3, -0.25) is 4.55 Å². The quantitative estimate of drug-likeness (QED) is 0.773. The Labute approximate surface area is 85.7 Å². The minimum atomic E-state index is -4.34. The summed E-state index contributed by atoms with van der Waals surface area (Å²) in [5.74, 6) is -0.883. The second-order valence-corrected chi connectivity index (χ2v) is 3.88. The Bertz CT molecular complexity index is 404. The van der Waals surface area contributed by atoms with Crippen molar-refractivity contribution >= 4 is 34.1 Å². The van der Waals surface area contributed by atoms with Crippen LogP contribution in [0.5, 0.6) is 0 Å². The molecule has 74 valence electrons. The van der Waals surface area contributed by atoms with E-state index in [-0.39, 0.29) is 17.4 Å². The molecule has 0 bridgehead atoms. The molecule has 13 heavy (non-hydrogen) atoms. The molecule has 0 spiro atoms. The molecule has 0 aromatic heterocycles. The van der Waals surface area contributed by atoms with Crippen LogP contribution in [0.15, 0.2) is 23.1 Å². The predicted molar refractivity (Wildman–Crippen MR) is 48.5 cm³/mol. The molecule has 1 aromatic rings. The first-order valence-electron chi connectivity index (χ1n) is 2.84. The summed E-state index contributed by atoms with van der Waals surface area (Å²) in [5.41, 5.74) is 0. The Morgan fingerprint density at radius 2 is 1.92 bits per heavy atom. The lowest BCUT2D eigenvalue weighted by Crippen LogP contribution is -1.98. The lowest BCUT2D eigenvalue weighted by molar-refractivity contribution is 0.482. The van der Waals surface area contributed by atoms with Crippen molar-refractivity contribution in [3.05, 3.63) is 29.0 Å². The first-order chi connectivity index (χ1) is 5.41. The highest BCUT2D eigenvalue weighted by Crippen LogP contribution is 2.18. The first kappa shape index (κ1) is 12.6. The summed E-state index contributed by atoms with van der Waals surface area (Å²) in [6.07, 6.45) is 0. The van der Waals surface area contributed by atoms with Gasteiger partial charge in [-0.15, -0.1) is 12.4 Å². The third-order valence-corrected chi connectivity index (χ3v) is 2.35. The van der Waals surface area contributed by atoms with E-state index in [1.54, 1.807) is 0 Å². The van der Waals surface area contributed by atoms with Gasteiger partial charge in [0.25, 0.3) is 10.1 Å². The van der Waals surface area contributed by atoms with Gasteiger partial charge in [-0.1, -0.05) is 11.6 Å². The van der Waals surface area contributed by atoms with Gasteiger partial charge in [0.1, 0.15) is 5.82 Å². The average molecular weight is 247 g/mol. The molecule has 0 radical (unpaired) electrons. The fraction of sp³-hybridized carbons (Fsp3) is 0. The fourth-order valence-electron chi connectivity index (χ4n) is 0.637. The molecule has 1 N–H and O–H groups in total. The standard InChI is InChI=1S/C6H4ClFO3S.ClH/c7-5-2-1-4(3-6(5)8)12(9,10)11;/h1-3H,(H,9,10,11);1H. The van der Waals surface area contributed by atoms with Crippen molar-refractivity contribution in [3.63, 3.8) is 0 Å². The maximum absolute atomic E-state index is 12.6. The van der Waals surface area contributed by atoms with E-state index < -0.39 is 20.8 Å². The number of halogens is 3. The Kier molecular flexibility index (Phi) is 4.12. The van der Waals surface area contributed by atoms with E-state index in [1.807, 2.05) is 0 Å². The molecule has 0 saturated carbocycles. The monoisotopic (exact) mass is 246 g/mol. The van der Waals surface area contributed by atoms with Crippen LogP contribution in [-0.2, 0) is 10.1 Å². The number of rotatable bonds is 1. The van der Waals surface area contributed by atoms with Crippen LogP contribution in [0.2, 0.25) is 5.02 Å². The number of hydrogen-bond donors (Lipinski definition) is 1. The van der Waals surface area contributed by atoms with Gasteiger partial charge in [-0.25, -0.2) is 4.39 Å². The van der Waals surface area contributed by atoms with Crippen LogP contribution < -0.4 is 0 Å². The summed E-state index contributed by atoms with van der Waals surface area (Å²) < 4.78 is 42.0. The minimum Gasteiger partial charge on any atom is -0.282 e. The van der Waals surface area contributed by atoms with Crippen molar-refractivity contribution in [2.45, 2.75) is 4.90 Å². The first-order valence-corrected chi connectivity index (χ1v) is 4.65. The summed E-state index contributed by atoms with van der Waals surface area (Å²) in [4.78, 5) is -0.510. The topological polar surface area (TPSA) is 54.4 Å². The molecule has 0 saturated heterocycles. The van der Waals surface area contributed by atoms with Gasteiger partial charge in [0.2, 0.25) is 0 Å². The molecule has 7 heteroatoms. The van der Waals surface area contributed by atoms with E-state index in [1.165, 1.54) is 0 Å². The van der Waals surface area contributed by atoms with Gasteiger partial charge >= 0.3 is 0 Å². The van der Waals surface area contributed by atoms with Crippen molar-refractivity contribution in [1.29, 1.82) is 0 Å². The Morgan fingerprint density at radius 3 is 2.31 bits per heavy atom. The molecule has 1 rings (SSSR count). The van der Waals surface area contributed by atoms with Gasteiger partial charge in [0, 0.05) is 0 Å². The smallest absolute Gasteiger partial charge is 0.282 e. The summed E-state index contributed by atoms with van der Waals surface area (Å²) in [5, 5.41) is -0.192. The lowest BCUT2D eigenvalue weighted by atomic mass is 10.3. The zero-order valence-corrected chi connectivity index (χ0v) is 8.46. The Morgan fingerprint density at radius 1 is 1.38 bits per heavy atom. The van der Waals surface area contributed by atoms with Crippen LogP contribution in [0.25, 0.3) is 0 Å². The van der Waals surface area contributed by atoms with Crippen LogP contribution >= 0.6 is 24.0 Å². The summed E-state index contributed by atoms with van der Waals surface area (Å²) >= 11 is 5.28. The van der Waals surface area contributed by atoms with Gasteiger partial charge in [0.05, 0.1) is 9.92 Å². The van der Waals surface area contributed by atoms with E-state index in [9.17, 15) is 12.8 Å². The lowest BCUT2D eigenvalue weighted by Gasteiger charge is -1.97. The molecule has 0 atom stereocenters. The van der Waals surface area contributed by atoms with E-state index in [4.69, 9.17) is 16.2 Å². The van der Waals surface area contributed by atoms with Crippen molar-refractivity contribution in [2.75, 3.05) is 0 Å². The zero-order valence-electron chi connectivity index (χ0n) is 6.07. The Hall–Kier alpha value is -0.360. The molecule has 0 unspecified atom stereocenters. The third kappa shape index (κ3) is 3.11. The highest BCUT2D eigenvalue weighted by atomic mass is 35.5. The molecular formula is C6H5Cl2FO3S. The van der Waals surface area contributed by atoms with Crippen LogP contribution in [-0.4, -0.2) is 13.0 Å². The second-order valence-electron chi connectivity index (χ2n) is 2.05. The molecule has 0 fully saturated rings. The average Bonchev–Trinajstić information content (AvgIpc) is 1.92. The van der Waals surface area contributed by atoms with E-state index >= 15 is 0 Å². The van der Waals surface area contributed by atoms with Gasteiger partial charge in [0.15, 0.2) is 0 Å². The van der Waals surface area contributed by atoms with Crippen molar-refractivity contribution in [2.24, 2.45) is 0 Å². The minimum absolute atomic E-state index is 0. The van der Waals surface area contributed by atoms with Crippen LogP contribution in [0, 0.1) is 5.82 Å². The SMILES string of the molecule is Cl.O=S(=O)(O)c1ccc(Cl)c(F)c1. The summed E-state index contributed by atoms with van der Waals surface area (Å²) in [6, 6.07) is 2.72. The largest absolute Gasteiger partial charge is 0.294 e. The molecular weight excluding hydrogens is 242 g/mol. The molecule has 0 aliphatic carbocycles. The van der Waals surface area contributed by atoms with Gasteiger partial charge in [-0.05, 0) is 18.2 Å². The second kappa shape index (κ2) is 4.23. The molecule has 0 heterocycles. The Balaban J connectivity index is 0.00000144. The molecule has 0 amide bonds. The molecule has 0 aliphatic heterocycles. The van der Waals surface area contributed by atoms with Crippen LogP contribution in [0.3, 0.4) is 0 Å². The van der Waals surface area contributed by atoms with Crippen molar-refractivity contribution in [3.8, 4) is 0 Å². The van der Waals surface area contributed by atoms with Crippen LogP contribution in [0.4, 0.5) is 4.39 Å². The maximum atomic E-state index is 12.6. The predicted octanol–water partition coefficient (Wildman–Crippen LogP) is 2.15.